The molecule has 2 rings (SSSR count). The van der Waals surface area contributed by atoms with Crippen molar-refractivity contribution in [2.75, 3.05) is 7.11 Å². The summed E-state index contributed by atoms with van der Waals surface area (Å²) in [6.07, 6.45) is 0.120. The molecule has 2 aromatic carbocycles. The Morgan fingerprint density at radius 3 is 2.35 bits per heavy atom. The SMILES string of the molecule is CC.COC(=O)Cc1cc(OCc2ccccc2)ccc1CO. The summed E-state index contributed by atoms with van der Waals surface area (Å²) in [6, 6.07) is 15.1. The van der Waals surface area contributed by atoms with Crippen LogP contribution < -0.4 is 4.74 Å². The van der Waals surface area contributed by atoms with Crippen LogP contribution in [0, 0.1) is 0 Å². The summed E-state index contributed by atoms with van der Waals surface area (Å²) in [5.41, 5.74) is 2.49. The molecular weight excluding hydrogens is 292 g/mol. The lowest BCUT2D eigenvalue weighted by atomic mass is 10.0. The predicted molar refractivity (Wildman–Crippen MR) is 90.2 cm³/mol. The summed E-state index contributed by atoms with van der Waals surface area (Å²) in [6.45, 7) is 4.34. The lowest BCUT2D eigenvalue weighted by Gasteiger charge is -2.11. The topological polar surface area (TPSA) is 55.8 Å². The molecule has 4 nitrogen and oxygen atoms in total. The molecule has 0 aliphatic heterocycles. The van der Waals surface area contributed by atoms with Crippen molar-refractivity contribution in [3.05, 3.63) is 65.2 Å². The maximum Gasteiger partial charge on any atom is 0.309 e. The summed E-state index contributed by atoms with van der Waals surface area (Å²) >= 11 is 0. The number of esters is 1. The first kappa shape index (κ1) is 18.7. The largest absolute Gasteiger partial charge is 0.489 e. The Bertz CT molecular complexity index is 594. The minimum absolute atomic E-state index is 0.120. The molecule has 0 aliphatic carbocycles. The van der Waals surface area contributed by atoms with Crippen molar-refractivity contribution in [1.29, 1.82) is 0 Å². The van der Waals surface area contributed by atoms with Crippen LogP contribution in [0.2, 0.25) is 0 Å². The number of aliphatic hydroxyl groups is 1. The highest BCUT2D eigenvalue weighted by molar-refractivity contribution is 5.73. The first-order chi connectivity index (χ1) is 11.2. The van der Waals surface area contributed by atoms with Gasteiger partial charge < -0.3 is 14.6 Å². The van der Waals surface area contributed by atoms with Crippen LogP contribution in [0.25, 0.3) is 0 Å². The molecule has 0 fully saturated rings. The fourth-order valence-electron chi connectivity index (χ4n) is 1.98. The third-order valence-corrected chi connectivity index (χ3v) is 3.16. The molecule has 0 aliphatic rings. The molecule has 0 spiro atoms. The molecular formula is C19H24O4. The van der Waals surface area contributed by atoms with Gasteiger partial charge in [0.1, 0.15) is 12.4 Å². The number of aliphatic hydroxyl groups excluding tert-OH is 1. The van der Waals surface area contributed by atoms with Crippen LogP contribution in [0.3, 0.4) is 0 Å². The number of benzene rings is 2. The molecule has 0 unspecified atom stereocenters. The van der Waals surface area contributed by atoms with E-state index in [0.29, 0.717) is 17.9 Å². The predicted octanol–water partition coefficient (Wildman–Crippen LogP) is 3.50. The number of hydrogen-bond acceptors (Lipinski definition) is 4. The van der Waals surface area contributed by atoms with Crippen molar-refractivity contribution in [2.45, 2.75) is 33.5 Å². The first-order valence-electron chi connectivity index (χ1n) is 7.69. The van der Waals surface area contributed by atoms with Gasteiger partial charge in [0, 0.05) is 0 Å². The third-order valence-electron chi connectivity index (χ3n) is 3.16. The molecule has 0 amide bonds. The average Bonchev–Trinajstić information content (AvgIpc) is 2.62. The van der Waals surface area contributed by atoms with Crippen LogP contribution >= 0.6 is 0 Å². The number of carbonyl (C=O) groups excluding carboxylic acids is 1. The molecule has 1 N–H and O–H groups in total. The van der Waals surface area contributed by atoms with Gasteiger partial charge in [-0.15, -0.1) is 0 Å². The van der Waals surface area contributed by atoms with Crippen LogP contribution in [0.1, 0.15) is 30.5 Å². The maximum absolute atomic E-state index is 11.4. The van der Waals surface area contributed by atoms with E-state index in [2.05, 4.69) is 4.74 Å². The van der Waals surface area contributed by atoms with Crippen molar-refractivity contribution < 1.29 is 19.4 Å². The van der Waals surface area contributed by atoms with E-state index in [0.717, 1.165) is 11.1 Å². The van der Waals surface area contributed by atoms with E-state index in [1.54, 1.807) is 18.2 Å². The molecule has 4 heteroatoms. The second kappa shape index (κ2) is 10.4. The smallest absolute Gasteiger partial charge is 0.309 e. The van der Waals surface area contributed by atoms with Gasteiger partial charge in [0.25, 0.3) is 0 Å². The van der Waals surface area contributed by atoms with E-state index in [-0.39, 0.29) is 19.0 Å². The van der Waals surface area contributed by atoms with E-state index < -0.39 is 0 Å². The normalized spacial score (nSPS) is 9.57. The quantitative estimate of drug-likeness (QED) is 0.829. The van der Waals surface area contributed by atoms with E-state index in [1.165, 1.54) is 7.11 Å². The molecule has 2 aromatic rings. The zero-order valence-corrected chi connectivity index (χ0v) is 13.9. The highest BCUT2D eigenvalue weighted by Gasteiger charge is 2.09. The lowest BCUT2D eigenvalue weighted by molar-refractivity contribution is -0.139. The summed E-state index contributed by atoms with van der Waals surface area (Å²) in [5, 5.41) is 9.31. The Morgan fingerprint density at radius 2 is 1.74 bits per heavy atom. The van der Waals surface area contributed by atoms with Gasteiger partial charge in [0.05, 0.1) is 20.1 Å². The Balaban J connectivity index is 0.00000127. The van der Waals surface area contributed by atoms with Gasteiger partial charge in [-0.25, -0.2) is 0 Å². The van der Waals surface area contributed by atoms with Gasteiger partial charge in [0.2, 0.25) is 0 Å². The van der Waals surface area contributed by atoms with Crippen molar-refractivity contribution in [2.24, 2.45) is 0 Å². The van der Waals surface area contributed by atoms with Crippen LogP contribution in [-0.2, 0) is 29.2 Å². The monoisotopic (exact) mass is 316 g/mol. The average molecular weight is 316 g/mol. The summed E-state index contributed by atoms with van der Waals surface area (Å²) in [4.78, 5) is 11.4. The van der Waals surface area contributed by atoms with E-state index in [1.807, 2.05) is 44.2 Å². The maximum atomic E-state index is 11.4. The molecule has 0 saturated heterocycles. The fraction of sp³-hybridized carbons (Fsp3) is 0.316. The lowest BCUT2D eigenvalue weighted by Crippen LogP contribution is -2.07. The molecule has 124 valence electrons. The molecule has 0 heterocycles. The zero-order valence-electron chi connectivity index (χ0n) is 13.9. The highest BCUT2D eigenvalue weighted by Crippen LogP contribution is 2.20. The second-order valence-electron chi connectivity index (χ2n) is 4.62. The molecule has 0 saturated carbocycles. The summed E-state index contributed by atoms with van der Waals surface area (Å²) < 4.78 is 10.4. The van der Waals surface area contributed by atoms with Crippen molar-refractivity contribution in [3.63, 3.8) is 0 Å². The van der Waals surface area contributed by atoms with Crippen LogP contribution in [-0.4, -0.2) is 18.2 Å². The van der Waals surface area contributed by atoms with Crippen LogP contribution in [0.15, 0.2) is 48.5 Å². The highest BCUT2D eigenvalue weighted by atomic mass is 16.5. The molecule has 0 bridgehead atoms. The van der Waals surface area contributed by atoms with Gasteiger partial charge in [0.15, 0.2) is 0 Å². The fourth-order valence-corrected chi connectivity index (χ4v) is 1.98. The molecule has 23 heavy (non-hydrogen) atoms. The number of rotatable bonds is 6. The second-order valence-corrected chi connectivity index (χ2v) is 4.62. The third kappa shape index (κ3) is 6.12. The summed E-state index contributed by atoms with van der Waals surface area (Å²) in [5.74, 6) is 0.319. The van der Waals surface area contributed by atoms with Gasteiger partial charge >= 0.3 is 5.97 Å². The van der Waals surface area contributed by atoms with E-state index in [4.69, 9.17) is 4.74 Å². The van der Waals surface area contributed by atoms with Crippen LogP contribution in [0.5, 0.6) is 5.75 Å². The van der Waals surface area contributed by atoms with Crippen molar-refractivity contribution in [3.8, 4) is 5.75 Å². The first-order valence-corrected chi connectivity index (χ1v) is 7.69. The van der Waals surface area contributed by atoms with E-state index in [9.17, 15) is 9.90 Å². The Morgan fingerprint density at radius 1 is 1.04 bits per heavy atom. The number of carbonyl (C=O) groups is 1. The Hall–Kier alpha value is -2.33. The van der Waals surface area contributed by atoms with Gasteiger partial charge in [-0.1, -0.05) is 50.2 Å². The Kier molecular flexibility index (Phi) is 8.47. The number of hydrogen-bond donors (Lipinski definition) is 1. The molecule has 0 radical (unpaired) electrons. The number of ether oxygens (including phenoxy) is 2. The minimum Gasteiger partial charge on any atom is -0.489 e. The van der Waals surface area contributed by atoms with Crippen LogP contribution in [0.4, 0.5) is 0 Å². The molecule has 0 atom stereocenters. The van der Waals surface area contributed by atoms with Gasteiger partial charge in [-0.2, -0.15) is 0 Å². The standard InChI is InChI=1S/C17H18O4.C2H6/c1-20-17(19)10-15-9-16(8-7-14(15)11-18)21-12-13-5-3-2-4-6-13;1-2/h2-9,18H,10-12H2,1H3;1-2H3. The zero-order chi connectivity index (χ0) is 17.1. The van der Waals surface area contributed by atoms with Gasteiger partial charge in [-0.3, -0.25) is 4.79 Å². The van der Waals surface area contributed by atoms with Crippen molar-refractivity contribution in [1.82, 2.24) is 0 Å². The Labute approximate surface area is 137 Å². The van der Waals surface area contributed by atoms with E-state index >= 15 is 0 Å². The number of methoxy groups -OCH3 is 1. The van der Waals surface area contributed by atoms with Crippen molar-refractivity contribution >= 4 is 5.97 Å². The van der Waals surface area contributed by atoms with Gasteiger partial charge in [-0.05, 0) is 28.8 Å². The summed E-state index contributed by atoms with van der Waals surface area (Å²) in [7, 11) is 1.34. The minimum atomic E-state index is -0.343. The molecule has 0 aromatic heterocycles.